The van der Waals surface area contributed by atoms with Crippen LogP contribution >= 0.6 is 0 Å². The van der Waals surface area contributed by atoms with Crippen LogP contribution in [-0.2, 0) is 0 Å². The third-order valence-corrected chi connectivity index (χ3v) is 4.00. The average Bonchev–Trinajstić information content (AvgIpc) is 2.56. The molecular weight excluding hydrogens is 276 g/mol. The zero-order valence-electron chi connectivity index (χ0n) is 13.9. The van der Waals surface area contributed by atoms with Gasteiger partial charge in [-0.15, -0.1) is 0 Å². The fourth-order valence-electron chi connectivity index (χ4n) is 2.53. The predicted octanol–water partition coefficient (Wildman–Crippen LogP) is 5.90. The highest BCUT2D eigenvalue weighted by Crippen LogP contribution is 2.25. The van der Waals surface area contributed by atoms with Crippen LogP contribution in [0.25, 0.3) is 5.57 Å². The molecule has 3 rings (SSSR count). The summed E-state index contributed by atoms with van der Waals surface area (Å²) in [5.41, 5.74) is 8.43. The van der Waals surface area contributed by atoms with E-state index in [4.69, 9.17) is 0 Å². The van der Waals surface area contributed by atoms with Gasteiger partial charge in [0, 0.05) is 0 Å². The van der Waals surface area contributed by atoms with Gasteiger partial charge in [0.05, 0.1) is 0 Å². The maximum Gasteiger partial charge on any atom is -0.00143 e. The smallest absolute Gasteiger partial charge is 0.00143 e. The van der Waals surface area contributed by atoms with E-state index in [1.54, 1.807) is 0 Å². The van der Waals surface area contributed by atoms with Crippen LogP contribution < -0.4 is 0 Å². The van der Waals surface area contributed by atoms with E-state index in [0.717, 1.165) is 11.1 Å². The van der Waals surface area contributed by atoms with Crippen LogP contribution in [-0.4, -0.2) is 0 Å². The van der Waals surface area contributed by atoms with Gasteiger partial charge in [0.15, 0.2) is 0 Å². The van der Waals surface area contributed by atoms with Gasteiger partial charge in [-0.2, -0.15) is 0 Å². The lowest BCUT2D eigenvalue weighted by Gasteiger charge is -2.10. The molecule has 0 aromatic heterocycles. The first-order chi connectivity index (χ1) is 11.1. The molecule has 0 spiro atoms. The van der Waals surface area contributed by atoms with Gasteiger partial charge in [-0.05, 0) is 49.1 Å². The lowest BCUT2D eigenvalue weighted by Crippen LogP contribution is -1.91. The maximum atomic E-state index is 3.59. The van der Waals surface area contributed by atoms with E-state index < -0.39 is 0 Å². The molecule has 0 aliphatic carbocycles. The molecule has 0 heteroatoms. The number of hydrogen-bond acceptors (Lipinski definition) is 0. The van der Waals surface area contributed by atoms with Crippen LogP contribution in [0.3, 0.4) is 0 Å². The topological polar surface area (TPSA) is 0 Å². The summed E-state index contributed by atoms with van der Waals surface area (Å²) in [5, 5.41) is 0. The third kappa shape index (κ3) is 3.78. The molecule has 0 N–H and O–H groups in total. The Hall–Kier alpha value is -2.60. The average molecular weight is 297 g/mol. The number of aryl methyl sites for hydroxylation is 3. The van der Waals surface area contributed by atoms with E-state index in [2.05, 4.69) is 99.6 Å². The molecule has 1 radical (unpaired) electrons. The van der Waals surface area contributed by atoms with Crippen molar-refractivity contribution in [3.8, 4) is 0 Å². The predicted molar refractivity (Wildman–Crippen MR) is 98.4 cm³/mol. The van der Waals surface area contributed by atoms with Gasteiger partial charge in [-0.1, -0.05) is 89.5 Å². The minimum atomic E-state index is 1.10. The van der Waals surface area contributed by atoms with Crippen LogP contribution in [0.2, 0.25) is 0 Å². The fourth-order valence-corrected chi connectivity index (χ4v) is 2.53. The Labute approximate surface area is 139 Å². The summed E-state index contributed by atoms with van der Waals surface area (Å²) in [7, 11) is 0. The van der Waals surface area contributed by atoms with Crippen LogP contribution in [0.4, 0.5) is 0 Å². The summed E-state index contributed by atoms with van der Waals surface area (Å²) in [6.07, 6.45) is 3.59. The van der Waals surface area contributed by atoms with E-state index in [1.165, 1.54) is 27.8 Å². The molecule has 0 saturated carbocycles. The molecule has 3 aromatic rings. The second-order valence-electron chi connectivity index (χ2n) is 6.10. The van der Waals surface area contributed by atoms with Gasteiger partial charge in [0.1, 0.15) is 0 Å². The molecule has 0 aliphatic rings. The Bertz CT molecular complexity index is 754. The first-order valence-corrected chi connectivity index (χ1v) is 7.96. The van der Waals surface area contributed by atoms with Gasteiger partial charge < -0.3 is 0 Å². The van der Waals surface area contributed by atoms with Crippen LogP contribution in [0.5, 0.6) is 0 Å². The fraction of sp³-hybridized carbons (Fsp3) is 0.130. The minimum Gasteiger partial charge on any atom is -0.0587 e. The van der Waals surface area contributed by atoms with E-state index >= 15 is 0 Å². The van der Waals surface area contributed by atoms with E-state index in [0.29, 0.717) is 0 Å². The molecule has 0 saturated heterocycles. The summed E-state index contributed by atoms with van der Waals surface area (Å²) >= 11 is 0. The molecule has 0 unspecified atom stereocenters. The van der Waals surface area contributed by atoms with Crippen LogP contribution in [0.1, 0.15) is 33.4 Å². The number of benzene rings is 3. The third-order valence-electron chi connectivity index (χ3n) is 4.00. The molecule has 3 aromatic carbocycles. The quantitative estimate of drug-likeness (QED) is 0.528. The monoisotopic (exact) mass is 297 g/mol. The van der Waals surface area contributed by atoms with Gasteiger partial charge in [0.25, 0.3) is 0 Å². The van der Waals surface area contributed by atoms with Crippen LogP contribution in [0, 0.1) is 26.8 Å². The molecule has 0 nitrogen and oxygen atoms in total. The number of hydrogen-bond donors (Lipinski definition) is 0. The first-order valence-electron chi connectivity index (χ1n) is 7.96. The van der Waals surface area contributed by atoms with E-state index in [9.17, 15) is 0 Å². The van der Waals surface area contributed by atoms with Crippen molar-refractivity contribution in [1.29, 1.82) is 0 Å². The minimum absolute atomic E-state index is 1.10. The summed E-state index contributed by atoms with van der Waals surface area (Å²) in [6.45, 7) is 6.33. The largest absolute Gasteiger partial charge is 0.0587 e. The highest BCUT2D eigenvalue weighted by Gasteiger charge is 2.06. The molecular formula is C23H21. The SMILES string of the molecule is Cc1ccc([C]=C(c2ccc(C)cc2)c2ccc(C)cc2)cc1. The lowest BCUT2D eigenvalue weighted by atomic mass is 9.94. The van der Waals surface area contributed by atoms with Crippen molar-refractivity contribution in [3.63, 3.8) is 0 Å². The molecule has 113 valence electrons. The van der Waals surface area contributed by atoms with Gasteiger partial charge in [-0.25, -0.2) is 0 Å². The second kappa shape index (κ2) is 6.66. The Kier molecular flexibility index (Phi) is 4.43. The standard InChI is InChI=1S/C23H21/c1-17-4-10-20(11-5-17)16-23(21-12-6-18(2)7-13-21)22-14-8-19(3)9-15-22/h4-15H,1-3H3. The molecule has 0 aliphatic heterocycles. The summed E-state index contributed by atoms with van der Waals surface area (Å²) in [5.74, 6) is 0. The van der Waals surface area contributed by atoms with Crippen molar-refractivity contribution >= 4 is 5.57 Å². The van der Waals surface area contributed by atoms with Crippen molar-refractivity contribution in [1.82, 2.24) is 0 Å². The molecule has 0 amide bonds. The number of rotatable bonds is 3. The van der Waals surface area contributed by atoms with Crippen molar-refractivity contribution in [2.75, 3.05) is 0 Å². The van der Waals surface area contributed by atoms with E-state index in [-0.39, 0.29) is 0 Å². The lowest BCUT2D eigenvalue weighted by molar-refractivity contribution is 1.41. The zero-order chi connectivity index (χ0) is 16.2. The molecule has 23 heavy (non-hydrogen) atoms. The Morgan fingerprint density at radius 3 is 1.26 bits per heavy atom. The Balaban J connectivity index is 2.10. The van der Waals surface area contributed by atoms with E-state index in [1.807, 2.05) is 0 Å². The van der Waals surface area contributed by atoms with Gasteiger partial charge >= 0.3 is 0 Å². The van der Waals surface area contributed by atoms with Gasteiger partial charge in [-0.3, -0.25) is 0 Å². The molecule has 0 fully saturated rings. The molecule has 0 bridgehead atoms. The highest BCUT2D eigenvalue weighted by atomic mass is 14.1. The normalized spacial score (nSPS) is 10.4. The van der Waals surface area contributed by atoms with Crippen molar-refractivity contribution in [2.45, 2.75) is 20.8 Å². The van der Waals surface area contributed by atoms with Gasteiger partial charge in [0.2, 0.25) is 0 Å². The summed E-state index contributed by atoms with van der Waals surface area (Å²) in [4.78, 5) is 0. The van der Waals surface area contributed by atoms with Crippen molar-refractivity contribution in [2.24, 2.45) is 0 Å². The Morgan fingerprint density at radius 2 is 0.870 bits per heavy atom. The first kappa shape index (κ1) is 15.3. The summed E-state index contributed by atoms with van der Waals surface area (Å²) in [6, 6.07) is 25.8. The maximum absolute atomic E-state index is 3.59. The molecule has 0 atom stereocenters. The Morgan fingerprint density at radius 1 is 0.522 bits per heavy atom. The van der Waals surface area contributed by atoms with Crippen LogP contribution in [0.15, 0.2) is 72.8 Å². The van der Waals surface area contributed by atoms with Crippen molar-refractivity contribution in [3.05, 3.63) is 112 Å². The summed E-state index contributed by atoms with van der Waals surface area (Å²) < 4.78 is 0. The highest BCUT2D eigenvalue weighted by molar-refractivity contribution is 5.80. The molecule has 0 heterocycles. The zero-order valence-corrected chi connectivity index (χ0v) is 13.9. The second-order valence-corrected chi connectivity index (χ2v) is 6.10. The van der Waals surface area contributed by atoms with Crippen molar-refractivity contribution < 1.29 is 0 Å².